The highest BCUT2D eigenvalue weighted by Crippen LogP contribution is 2.24. The third-order valence-electron chi connectivity index (χ3n) is 3.95. The summed E-state index contributed by atoms with van der Waals surface area (Å²) >= 11 is 0. The van der Waals surface area contributed by atoms with Crippen molar-refractivity contribution in [1.82, 2.24) is 4.72 Å². The summed E-state index contributed by atoms with van der Waals surface area (Å²) in [6.45, 7) is 10.9. The quantitative estimate of drug-likeness (QED) is 0.767. The predicted octanol–water partition coefficient (Wildman–Crippen LogP) is 3.79. The SMILES string of the molecule is Cc1cccc(C)c1O[C@H](C)C(=O)Nc1ccc(S(=O)(=O)NC(C)(C)C)cc1. The summed E-state index contributed by atoms with van der Waals surface area (Å²) in [5.41, 5.74) is 1.84. The summed E-state index contributed by atoms with van der Waals surface area (Å²) < 4.78 is 33.1. The van der Waals surface area contributed by atoms with Gasteiger partial charge in [-0.05, 0) is 76.9 Å². The maximum Gasteiger partial charge on any atom is 0.265 e. The Bertz CT molecular complexity index is 925. The third kappa shape index (κ3) is 5.81. The van der Waals surface area contributed by atoms with E-state index in [1.54, 1.807) is 39.8 Å². The molecule has 0 aromatic heterocycles. The topological polar surface area (TPSA) is 84.5 Å². The highest BCUT2D eigenvalue weighted by molar-refractivity contribution is 7.89. The number of ether oxygens (including phenoxy) is 1. The first-order valence-electron chi connectivity index (χ1n) is 9.07. The van der Waals surface area contributed by atoms with E-state index in [9.17, 15) is 13.2 Å². The molecule has 0 spiro atoms. The summed E-state index contributed by atoms with van der Waals surface area (Å²) in [4.78, 5) is 12.6. The standard InChI is InChI=1S/C21H28N2O4S/c1-14-8-7-9-15(2)19(14)27-16(3)20(24)22-17-10-12-18(13-11-17)28(25,26)23-21(4,5)6/h7-13,16,23H,1-6H3,(H,22,24)/t16-/m1/s1. The predicted molar refractivity (Wildman–Crippen MR) is 111 cm³/mol. The van der Waals surface area contributed by atoms with Gasteiger partial charge in [0.1, 0.15) is 5.75 Å². The number of para-hydroxylation sites is 1. The molecule has 0 heterocycles. The van der Waals surface area contributed by atoms with Gasteiger partial charge in [-0.1, -0.05) is 18.2 Å². The maximum atomic E-state index is 12.4. The molecule has 0 fully saturated rings. The zero-order chi connectivity index (χ0) is 21.1. The Hall–Kier alpha value is -2.38. The van der Waals surface area contributed by atoms with Gasteiger partial charge in [0.05, 0.1) is 4.90 Å². The molecule has 7 heteroatoms. The number of benzene rings is 2. The van der Waals surface area contributed by atoms with Crippen LogP contribution in [0, 0.1) is 13.8 Å². The molecule has 0 aliphatic carbocycles. The van der Waals surface area contributed by atoms with Crippen LogP contribution in [-0.2, 0) is 14.8 Å². The lowest BCUT2D eigenvalue weighted by Crippen LogP contribution is -2.40. The van der Waals surface area contributed by atoms with Crippen LogP contribution in [0.1, 0.15) is 38.8 Å². The van der Waals surface area contributed by atoms with Gasteiger partial charge in [-0.2, -0.15) is 0 Å². The van der Waals surface area contributed by atoms with Crippen molar-refractivity contribution >= 4 is 21.6 Å². The average molecular weight is 405 g/mol. The average Bonchev–Trinajstić information content (AvgIpc) is 2.56. The lowest BCUT2D eigenvalue weighted by atomic mass is 10.1. The second-order valence-electron chi connectivity index (χ2n) is 7.85. The number of hydrogen-bond donors (Lipinski definition) is 2. The zero-order valence-corrected chi connectivity index (χ0v) is 18.0. The van der Waals surface area contributed by atoms with Gasteiger partial charge in [0.2, 0.25) is 10.0 Å². The van der Waals surface area contributed by atoms with Gasteiger partial charge >= 0.3 is 0 Å². The van der Waals surface area contributed by atoms with E-state index in [1.807, 2.05) is 32.0 Å². The first-order valence-corrected chi connectivity index (χ1v) is 10.6. The van der Waals surface area contributed by atoms with Crippen LogP contribution in [-0.4, -0.2) is 26.0 Å². The van der Waals surface area contributed by atoms with Crippen LogP contribution in [0.2, 0.25) is 0 Å². The van der Waals surface area contributed by atoms with Crippen molar-refractivity contribution in [2.45, 2.75) is 58.1 Å². The van der Waals surface area contributed by atoms with Crippen LogP contribution in [0.5, 0.6) is 5.75 Å². The largest absolute Gasteiger partial charge is 0.480 e. The number of aryl methyl sites for hydroxylation is 2. The number of nitrogens with one attached hydrogen (secondary N) is 2. The number of sulfonamides is 1. The summed E-state index contributed by atoms with van der Waals surface area (Å²) in [6, 6.07) is 11.8. The van der Waals surface area contributed by atoms with Crippen LogP contribution < -0.4 is 14.8 Å². The molecule has 0 bridgehead atoms. The minimum absolute atomic E-state index is 0.139. The molecule has 6 nitrogen and oxygen atoms in total. The lowest BCUT2D eigenvalue weighted by Gasteiger charge is -2.20. The fourth-order valence-corrected chi connectivity index (χ4v) is 4.06. The van der Waals surface area contributed by atoms with Crippen LogP contribution in [0.4, 0.5) is 5.69 Å². The fraction of sp³-hybridized carbons (Fsp3) is 0.381. The number of rotatable bonds is 6. The Labute approximate surface area is 167 Å². The van der Waals surface area contributed by atoms with Gasteiger partial charge in [0.15, 0.2) is 6.10 Å². The van der Waals surface area contributed by atoms with E-state index in [4.69, 9.17) is 4.74 Å². The molecule has 1 atom stereocenters. The number of hydrogen-bond acceptors (Lipinski definition) is 4. The highest BCUT2D eigenvalue weighted by Gasteiger charge is 2.22. The molecule has 0 aliphatic heterocycles. The molecule has 0 radical (unpaired) electrons. The van der Waals surface area contributed by atoms with Crippen LogP contribution >= 0.6 is 0 Å². The van der Waals surface area contributed by atoms with Crippen LogP contribution in [0.25, 0.3) is 0 Å². The van der Waals surface area contributed by atoms with E-state index in [-0.39, 0.29) is 10.8 Å². The minimum atomic E-state index is -3.62. The molecule has 0 aliphatic rings. The normalized spacial score (nSPS) is 13.1. The van der Waals surface area contributed by atoms with E-state index in [2.05, 4.69) is 10.0 Å². The number of carbonyl (C=O) groups excluding carboxylic acids is 1. The number of anilines is 1. The third-order valence-corrected chi connectivity index (χ3v) is 5.72. The van der Waals surface area contributed by atoms with Crippen molar-refractivity contribution in [1.29, 1.82) is 0 Å². The lowest BCUT2D eigenvalue weighted by molar-refractivity contribution is -0.122. The van der Waals surface area contributed by atoms with Gasteiger partial charge in [0.25, 0.3) is 5.91 Å². The van der Waals surface area contributed by atoms with Crippen molar-refractivity contribution in [3.8, 4) is 5.75 Å². The summed E-state index contributed by atoms with van der Waals surface area (Å²) in [6.07, 6.45) is -0.703. The molecular weight excluding hydrogens is 376 g/mol. The number of amides is 1. The zero-order valence-electron chi connectivity index (χ0n) is 17.2. The number of carbonyl (C=O) groups is 1. The molecule has 0 unspecified atom stereocenters. The van der Waals surface area contributed by atoms with Gasteiger partial charge in [0, 0.05) is 11.2 Å². The molecule has 2 rings (SSSR count). The summed E-state index contributed by atoms with van der Waals surface area (Å²) in [7, 11) is -3.62. The molecule has 2 N–H and O–H groups in total. The maximum absolute atomic E-state index is 12.4. The Morgan fingerprint density at radius 3 is 2.04 bits per heavy atom. The Morgan fingerprint density at radius 1 is 1.00 bits per heavy atom. The van der Waals surface area contributed by atoms with Crippen molar-refractivity contribution in [2.75, 3.05) is 5.32 Å². The molecule has 0 saturated carbocycles. The second-order valence-corrected chi connectivity index (χ2v) is 9.53. The molecular formula is C21H28N2O4S. The molecule has 0 saturated heterocycles. The van der Waals surface area contributed by atoms with E-state index < -0.39 is 21.7 Å². The first kappa shape index (κ1) is 21.9. The van der Waals surface area contributed by atoms with E-state index in [0.29, 0.717) is 11.4 Å². The fourth-order valence-electron chi connectivity index (χ4n) is 2.64. The Kier molecular flexibility index (Phi) is 6.52. The van der Waals surface area contributed by atoms with Gasteiger partial charge in [-0.3, -0.25) is 4.79 Å². The van der Waals surface area contributed by atoms with E-state index in [0.717, 1.165) is 11.1 Å². The molecule has 2 aromatic carbocycles. The molecule has 28 heavy (non-hydrogen) atoms. The minimum Gasteiger partial charge on any atom is -0.480 e. The van der Waals surface area contributed by atoms with E-state index >= 15 is 0 Å². The van der Waals surface area contributed by atoms with Gasteiger partial charge < -0.3 is 10.1 Å². The van der Waals surface area contributed by atoms with Crippen molar-refractivity contribution < 1.29 is 17.9 Å². The van der Waals surface area contributed by atoms with Crippen molar-refractivity contribution in [3.63, 3.8) is 0 Å². The summed E-state index contributed by atoms with van der Waals surface area (Å²) in [5.74, 6) is 0.380. The Balaban J connectivity index is 2.06. The van der Waals surface area contributed by atoms with Crippen molar-refractivity contribution in [2.24, 2.45) is 0 Å². The molecule has 1 amide bonds. The van der Waals surface area contributed by atoms with Crippen LogP contribution in [0.15, 0.2) is 47.4 Å². The first-order chi connectivity index (χ1) is 12.9. The monoisotopic (exact) mass is 404 g/mol. The van der Waals surface area contributed by atoms with Crippen LogP contribution in [0.3, 0.4) is 0 Å². The highest BCUT2D eigenvalue weighted by atomic mass is 32.2. The molecule has 2 aromatic rings. The van der Waals surface area contributed by atoms with Gasteiger partial charge in [-0.25, -0.2) is 13.1 Å². The van der Waals surface area contributed by atoms with E-state index in [1.165, 1.54) is 12.1 Å². The van der Waals surface area contributed by atoms with Gasteiger partial charge in [-0.15, -0.1) is 0 Å². The second kappa shape index (κ2) is 8.32. The summed E-state index contributed by atoms with van der Waals surface area (Å²) in [5, 5.41) is 2.75. The van der Waals surface area contributed by atoms with Crippen molar-refractivity contribution in [3.05, 3.63) is 53.6 Å². The smallest absolute Gasteiger partial charge is 0.265 e. The Morgan fingerprint density at radius 2 is 1.54 bits per heavy atom. The molecule has 152 valence electrons.